The molecule has 1 aromatic carbocycles. The number of nitrogens with one attached hydrogen (secondary N) is 1. The van der Waals surface area contributed by atoms with E-state index in [1.807, 2.05) is 35.0 Å². The third-order valence-corrected chi connectivity index (χ3v) is 5.50. The lowest BCUT2D eigenvalue weighted by molar-refractivity contribution is 0.0612. The first-order valence-corrected chi connectivity index (χ1v) is 9.49. The van der Waals surface area contributed by atoms with Gasteiger partial charge in [-0.05, 0) is 30.7 Å². The number of para-hydroxylation sites is 1. The van der Waals surface area contributed by atoms with Crippen molar-refractivity contribution in [1.82, 2.24) is 15.1 Å². The molecule has 1 atom stereocenters. The number of carbonyl (C=O) groups is 1. The van der Waals surface area contributed by atoms with Gasteiger partial charge < -0.3 is 10.4 Å². The van der Waals surface area contributed by atoms with E-state index in [9.17, 15) is 9.90 Å². The van der Waals surface area contributed by atoms with Gasteiger partial charge in [-0.25, -0.2) is 4.68 Å². The molecule has 3 rings (SSSR count). The van der Waals surface area contributed by atoms with Crippen LogP contribution in [-0.2, 0) is 6.42 Å². The van der Waals surface area contributed by atoms with Crippen LogP contribution in [0, 0.1) is 0 Å². The zero-order valence-electron chi connectivity index (χ0n) is 13.9. The Labute approximate surface area is 146 Å². The first kappa shape index (κ1) is 17.0. The van der Waals surface area contributed by atoms with E-state index in [0.29, 0.717) is 17.9 Å². The summed E-state index contributed by atoms with van der Waals surface area (Å²) in [6.45, 7) is 2.38. The Morgan fingerprint density at radius 3 is 2.88 bits per heavy atom. The number of amides is 1. The van der Waals surface area contributed by atoms with Crippen molar-refractivity contribution in [2.45, 2.75) is 31.8 Å². The number of aliphatic hydroxyl groups is 1. The number of aromatic nitrogens is 2. The van der Waals surface area contributed by atoms with Gasteiger partial charge in [-0.3, -0.25) is 4.79 Å². The predicted molar refractivity (Wildman–Crippen MR) is 96.8 cm³/mol. The van der Waals surface area contributed by atoms with E-state index in [0.717, 1.165) is 36.4 Å². The van der Waals surface area contributed by atoms with Crippen LogP contribution in [0.4, 0.5) is 0 Å². The van der Waals surface area contributed by atoms with Gasteiger partial charge in [-0.1, -0.05) is 31.5 Å². The van der Waals surface area contributed by atoms with E-state index in [2.05, 4.69) is 17.3 Å². The van der Waals surface area contributed by atoms with Gasteiger partial charge in [-0.15, -0.1) is 0 Å². The van der Waals surface area contributed by atoms with Crippen molar-refractivity contribution in [2.75, 3.05) is 18.1 Å². The molecule has 128 valence electrons. The number of thioether (sulfide) groups is 1. The monoisotopic (exact) mass is 345 g/mol. The molecule has 1 aliphatic heterocycles. The second kappa shape index (κ2) is 7.40. The van der Waals surface area contributed by atoms with Crippen LogP contribution in [0.3, 0.4) is 0 Å². The molecule has 2 aromatic rings. The molecule has 1 aromatic heterocycles. The van der Waals surface area contributed by atoms with Crippen molar-refractivity contribution in [3.8, 4) is 5.69 Å². The summed E-state index contributed by atoms with van der Waals surface area (Å²) in [6.07, 6.45) is 4.06. The first-order valence-electron chi connectivity index (χ1n) is 8.33. The fourth-order valence-corrected chi connectivity index (χ4v) is 4.20. The number of rotatable bonds is 6. The highest BCUT2D eigenvalue weighted by molar-refractivity contribution is 7.99. The van der Waals surface area contributed by atoms with Crippen molar-refractivity contribution in [1.29, 1.82) is 0 Å². The quantitative estimate of drug-likeness (QED) is 0.844. The molecule has 0 saturated carbocycles. The molecule has 2 heterocycles. The minimum absolute atomic E-state index is 0.161. The van der Waals surface area contributed by atoms with Crippen LogP contribution < -0.4 is 5.32 Å². The summed E-state index contributed by atoms with van der Waals surface area (Å²) in [4.78, 5) is 12.6. The standard InChI is InChI=1S/C18H23N3O2S/c1-2-6-16-15(11-20-21(16)14-7-4-3-5-8-14)17(22)19-12-18(23)9-10-24-13-18/h3-5,7-8,11,23H,2,6,9-10,12-13H2,1H3,(H,19,22)/t18-/m0/s1. The average molecular weight is 345 g/mol. The molecule has 1 saturated heterocycles. The molecule has 1 fully saturated rings. The minimum Gasteiger partial charge on any atom is -0.387 e. The van der Waals surface area contributed by atoms with Crippen LogP contribution >= 0.6 is 11.8 Å². The Morgan fingerprint density at radius 1 is 1.42 bits per heavy atom. The molecule has 0 spiro atoms. The number of nitrogens with zero attached hydrogens (tertiary/aromatic N) is 2. The van der Waals surface area contributed by atoms with Crippen molar-refractivity contribution in [3.63, 3.8) is 0 Å². The minimum atomic E-state index is -0.777. The lowest BCUT2D eigenvalue weighted by Gasteiger charge is -2.21. The normalized spacial score (nSPS) is 20.2. The van der Waals surface area contributed by atoms with Gasteiger partial charge in [0.2, 0.25) is 0 Å². The maximum atomic E-state index is 12.6. The third-order valence-electron chi connectivity index (χ3n) is 4.26. The topological polar surface area (TPSA) is 67.2 Å². The lowest BCUT2D eigenvalue weighted by Crippen LogP contribution is -2.43. The van der Waals surface area contributed by atoms with Crippen molar-refractivity contribution in [3.05, 3.63) is 47.8 Å². The highest BCUT2D eigenvalue weighted by Crippen LogP contribution is 2.27. The summed E-state index contributed by atoms with van der Waals surface area (Å²) in [7, 11) is 0. The van der Waals surface area contributed by atoms with Crippen LogP contribution in [0.1, 0.15) is 35.8 Å². The smallest absolute Gasteiger partial charge is 0.254 e. The summed E-state index contributed by atoms with van der Waals surface area (Å²) < 4.78 is 1.83. The Kier molecular flexibility index (Phi) is 5.26. The molecule has 0 bridgehead atoms. The molecular weight excluding hydrogens is 322 g/mol. The van der Waals surface area contributed by atoms with Crippen molar-refractivity contribution in [2.24, 2.45) is 0 Å². The van der Waals surface area contributed by atoms with Crippen LogP contribution in [0.5, 0.6) is 0 Å². The van der Waals surface area contributed by atoms with Crippen molar-refractivity contribution >= 4 is 17.7 Å². The SMILES string of the molecule is CCCc1c(C(=O)NC[C@@]2(O)CCSC2)cnn1-c1ccccc1. The molecule has 1 aliphatic rings. The summed E-state index contributed by atoms with van der Waals surface area (Å²) in [5.74, 6) is 1.46. The highest BCUT2D eigenvalue weighted by atomic mass is 32.2. The van der Waals surface area contributed by atoms with E-state index in [1.54, 1.807) is 18.0 Å². The maximum absolute atomic E-state index is 12.6. The van der Waals surface area contributed by atoms with E-state index >= 15 is 0 Å². The van der Waals surface area contributed by atoms with Gasteiger partial charge in [-0.2, -0.15) is 16.9 Å². The van der Waals surface area contributed by atoms with Crippen LogP contribution in [-0.4, -0.2) is 44.4 Å². The van der Waals surface area contributed by atoms with E-state index in [4.69, 9.17) is 0 Å². The van der Waals surface area contributed by atoms with Gasteiger partial charge >= 0.3 is 0 Å². The second-order valence-electron chi connectivity index (χ2n) is 6.21. The molecule has 0 aliphatic carbocycles. The molecule has 5 nitrogen and oxygen atoms in total. The zero-order valence-corrected chi connectivity index (χ0v) is 14.7. The Morgan fingerprint density at radius 2 is 2.21 bits per heavy atom. The lowest BCUT2D eigenvalue weighted by atomic mass is 10.0. The summed E-state index contributed by atoms with van der Waals surface area (Å²) in [5.41, 5.74) is 1.68. The molecule has 0 unspecified atom stereocenters. The molecule has 24 heavy (non-hydrogen) atoms. The molecule has 0 radical (unpaired) electrons. The highest BCUT2D eigenvalue weighted by Gasteiger charge is 2.32. The third kappa shape index (κ3) is 3.65. The Hall–Kier alpha value is -1.79. The van der Waals surface area contributed by atoms with E-state index < -0.39 is 5.60 Å². The van der Waals surface area contributed by atoms with Gasteiger partial charge in [0.05, 0.1) is 28.7 Å². The molecular formula is C18H23N3O2S. The van der Waals surface area contributed by atoms with Gasteiger partial charge in [0.25, 0.3) is 5.91 Å². The number of benzene rings is 1. The summed E-state index contributed by atoms with van der Waals surface area (Å²) >= 11 is 1.72. The molecule has 2 N–H and O–H groups in total. The average Bonchev–Trinajstić information content (AvgIpc) is 3.21. The molecule has 1 amide bonds. The van der Waals surface area contributed by atoms with Crippen LogP contribution in [0.25, 0.3) is 5.69 Å². The fraction of sp³-hybridized carbons (Fsp3) is 0.444. The largest absolute Gasteiger partial charge is 0.387 e. The first-order chi connectivity index (χ1) is 11.6. The van der Waals surface area contributed by atoms with Crippen molar-refractivity contribution < 1.29 is 9.90 Å². The second-order valence-corrected chi connectivity index (χ2v) is 7.32. The molecule has 6 heteroatoms. The number of carbonyl (C=O) groups excluding carboxylic acids is 1. The number of hydrogen-bond acceptors (Lipinski definition) is 4. The Balaban J connectivity index is 1.79. The summed E-state index contributed by atoms with van der Waals surface area (Å²) in [6, 6.07) is 9.83. The van der Waals surface area contributed by atoms with E-state index in [-0.39, 0.29) is 5.91 Å². The number of hydrogen-bond donors (Lipinski definition) is 2. The van der Waals surface area contributed by atoms with E-state index in [1.165, 1.54) is 0 Å². The fourth-order valence-electron chi connectivity index (χ4n) is 2.91. The van der Waals surface area contributed by atoms with Crippen LogP contribution in [0.2, 0.25) is 0 Å². The van der Waals surface area contributed by atoms with Crippen LogP contribution in [0.15, 0.2) is 36.5 Å². The van der Waals surface area contributed by atoms with Gasteiger partial charge in [0.15, 0.2) is 0 Å². The Bertz CT molecular complexity index is 694. The summed E-state index contributed by atoms with van der Waals surface area (Å²) in [5, 5.41) is 17.7. The zero-order chi connectivity index (χ0) is 17.0. The predicted octanol–water partition coefficient (Wildman–Crippen LogP) is 2.42. The van der Waals surface area contributed by atoms with Gasteiger partial charge in [0, 0.05) is 12.3 Å². The van der Waals surface area contributed by atoms with Gasteiger partial charge in [0.1, 0.15) is 0 Å². The maximum Gasteiger partial charge on any atom is 0.254 e.